The number of nitro benzene ring substituents is 1. The van der Waals surface area contributed by atoms with Crippen LogP contribution in [0.15, 0.2) is 59.9 Å². The van der Waals surface area contributed by atoms with Crippen molar-refractivity contribution in [2.24, 2.45) is 0 Å². The zero-order valence-electron chi connectivity index (χ0n) is 13.7. The van der Waals surface area contributed by atoms with Crippen molar-refractivity contribution in [1.29, 1.82) is 0 Å². The van der Waals surface area contributed by atoms with Crippen LogP contribution in [-0.4, -0.2) is 28.1 Å². The van der Waals surface area contributed by atoms with Gasteiger partial charge in [-0.15, -0.1) is 0 Å². The summed E-state index contributed by atoms with van der Waals surface area (Å²) in [5, 5.41) is 15.3. The van der Waals surface area contributed by atoms with Crippen LogP contribution in [0.3, 0.4) is 0 Å². The van der Waals surface area contributed by atoms with Crippen LogP contribution in [0, 0.1) is 17.0 Å². The van der Waals surface area contributed by atoms with Crippen molar-refractivity contribution in [1.82, 2.24) is 19.5 Å². The molecule has 0 fully saturated rings. The molecule has 134 valence electrons. The van der Waals surface area contributed by atoms with E-state index in [1.54, 1.807) is 36.8 Å². The number of rotatable bonds is 6. The van der Waals surface area contributed by atoms with Crippen molar-refractivity contribution < 1.29 is 13.3 Å². The van der Waals surface area contributed by atoms with Gasteiger partial charge < -0.3 is 0 Å². The van der Waals surface area contributed by atoms with Crippen molar-refractivity contribution >= 4 is 15.7 Å². The summed E-state index contributed by atoms with van der Waals surface area (Å²) in [5.41, 5.74) is 0.414. The van der Waals surface area contributed by atoms with Crippen LogP contribution in [0.2, 0.25) is 0 Å². The SMILES string of the molecule is Cc1cccc([N+](=O)[O-])c1S(=O)(=O)NCc1cccnc1-n1cccn1. The molecule has 0 aliphatic rings. The number of aromatic nitrogens is 3. The molecule has 1 N–H and O–H groups in total. The van der Waals surface area contributed by atoms with Crippen molar-refractivity contribution in [2.75, 3.05) is 0 Å². The molecule has 0 radical (unpaired) electrons. The minimum absolute atomic E-state index is 0.0865. The van der Waals surface area contributed by atoms with E-state index in [0.717, 1.165) is 0 Å². The second-order valence-corrected chi connectivity index (χ2v) is 7.15. The summed E-state index contributed by atoms with van der Waals surface area (Å²) in [6, 6.07) is 9.23. The molecule has 0 saturated heterocycles. The highest BCUT2D eigenvalue weighted by Crippen LogP contribution is 2.27. The van der Waals surface area contributed by atoms with Gasteiger partial charge in [-0.05, 0) is 24.6 Å². The maximum Gasteiger partial charge on any atom is 0.289 e. The number of benzene rings is 1. The van der Waals surface area contributed by atoms with Gasteiger partial charge in [0.1, 0.15) is 0 Å². The second-order valence-electron chi connectivity index (χ2n) is 5.44. The van der Waals surface area contributed by atoms with Crippen molar-refractivity contribution in [3.63, 3.8) is 0 Å². The van der Waals surface area contributed by atoms with Gasteiger partial charge in [0.2, 0.25) is 10.0 Å². The van der Waals surface area contributed by atoms with Gasteiger partial charge in [0, 0.05) is 36.8 Å². The molecular formula is C16H15N5O4S. The van der Waals surface area contributed by atoms with Gasteiger partial charge >= 0.3 is 0 Å². The van der Waals surface area contributed by atoms with Crippen LogP contribution in [0.4, 0.5) is 5.69 Å². The number of nitro groups is 1. The first-order valence-corrected chi connectivity index (χ1v) is 9.06. The van der Waals surface area contributed by atoms with E-state index in [9.17, 15) is 18.5 Å². The summed E-state index contributed by atoms with van der Waals surface area (Å²) in [4.78, 5) is 14.4. The Morgan fingerprint density at radius 2 is 2.00 bits per heavy atom. The van der Waals surface area contributed by atoms with Crippen LogP contribution in [0.5, 0.6) is 0 Å². The third-order valence-electron chi connectivity index (χ3n) is 3.70. The van der Waals surface area contributed by atoms with Gasteiger partial charge in [0.25, 0.3) is 5.69 Å². The Morgan fingerprint density at radius 1 is 1.19 bits per heavy atom. The highest BCUT2D eigenvalue weighted by molar-refractivity contribution is 7.89. The summed E-state index contributed by atoms with van der Waals surface area (Å²) >= 11 is 0. The molecule has 3 rings (SSSR count). The number of nitrogens with one attached hydrogen (secondary N) is 1. The lowest BCUT2D eigenvalue weighted by atomic mass is 10.2. The number of hydrogen-bond acceptors (Lipinski definition) is 6. The summed E-state index contributed by atoms with van der Waals surface area (Å²) in [7, 11) is -4.10. The van der Waals surface area contributed by atoms with Crippen LogP contribution < -0.4 is 4.72 Å². The summed E-state index contributed by atoms with van der Waals surface area (Å²) in [5.74, 6) is 0.472. The first-order valence-electron chi connectivity index (χ1n) is 7.58. The summed E-state index contributed by atoms with van der Waals surface area (Å²) < 4.78 is 29.3. The quantitative estimate of drug-likeness (QED) is 0.521. The van der Waals surface area contributed by atoms with E-state index in [1.807, 2.05) is 0 Å². The monoisotopic (exact) mass is 373 g/mol. The van der Waals surface area contributed by atoms with Crippen LogP contribution in [0.1, 0.15) is 11.1 Å². The topological polar surface area (TPSA) is 120 Å². The molecule has 1 aromatic carbocycles. The summed E-state index contributed by atoms with van der Waals surface area (Å²) in [6.45, 7) is 1.43. The van der Waals surface area contributed by atoms with E-state index >= 15 is 0 Å². The molecule has 0 amide bonds. The molecule has 0 spiro atoms. The molecule has 0 unspecified atom stereocenters. The van der Waals surface area contributed by atoms with Gasteiger partial charge in [0.15, 0.2) is 10.7 Å². The Hall–Kier alpha value is -3.11. The van der Waals surface area contributed by atoms with Gasteiger partial charge in [0.05, 0.1) is 4.92 Å². The molecule has 0 aliphatic carbocycles. The first kappa shape index (κ1) is 17.7. The standard InChI is InChI=1S/C16H15N5O4S/c1-12-5-2-7-14(21(22)23)15(12)26(24,25)19-11-13-6-3-8-17-16(13)20-10-4-9-18-20/h2-10,19H,11H2,1H3. The smallest absolute Gasteiger partial charge is 0.258 e. The first-order chi connectivity index (χ1) is 12.4. The number of nitrogens with zero attached hydrogens (tertiary/aromatic N) is 4. The molecule has 26 heavy (non-hydrogen) atoms. The second kappa shape index (κ2) is 7.02. The summed E-state index contributed by atoms with van der Waals surface area (Å²) in [6.07, 6.45) is 4.84. The molecule has 2 aromatic heterocycles. The Balaban J connectivity index is 1.93. The zero-order valence-corrected chi connectivity index (χ0v) is 14.5. The molecule has 9 nitrogen and oxygen atoms in total. The minimum Gasteiger partial charge on any atom is -0.258 e. The van der Waals surface area contributed by atoms with Crippen molar-refractivity contribution in [3.8, 4) is 5.82 Å². The molecule has 10 heteroatoms. The van der Waals surface area contributed by atoms with Crippen molar-refractivity contribution in [3.05, 3.63) is 76.2 Å². The largest absolute Gasteiger partial charge is 0.289 e. The van der Waals surface area contributed by atoms with E-state index in [-0.39, 0.29) is 11.4 Å². The predicted molar refractivity (Wildman–Crippen MR) is 93.2 cm³/mol. The molecule has 0 aliphatic heterocycles. The van der Waals surface area contributed by atoms with Crippen LogP contribution >= 0.6 is 0 Å². The molecule has 3 aromatic rings. The van der Waals surface area contributed by atoms with Crippen LogP contribution in [-0.2, 0) is 16.6 Å². The van der Waals surface area contributed by atoms with E-state index in [2.05, 4.69) is 14.8 Å². The Morgan fingerprint density at radius 3 is 2.69 bits per heavy atom. The Labute approximate surface area is 149 Å². The lowest BCUT2D eigenvalue weighted by Gasteiger charge is -2.12. The van der Waals surface area contributed by atoms with E-state index in [1.165, 1.54) is 29.8 Å². The number of sulfonamides is 1. The van der Waals surface area contributed by atoms with Gasteiger partial charge in [-0.2, -0.15) is 5.10 Å². The van der Waals surface area contributed by atoms with Crippen LogP contribution in [0.25, 0.3) is 5.82 Å². The lowest BCUT2D eigenvalue weighted by Crippen LogP contribution is -2.25. The number of hydrogen-bond donors (Lipinski definition) is 1. The lowest BCUT2D eigenvalue weighted by molar-refractivity contribution is -0.387. The molecule has 2 heterocycles. The Kier molecular flexibility index (Phi) is 4.78. The average Bonchev–Trinajstić information content (AvgIpc) is 3.14. The third-order valence-corrected chi connectivity index (χ3v) is 5.29. The fourth-order valence-corrected chi connectivity index (χ4v) is 3.94. The third kappa shape index (κ3) is 3.46. The molecule has 0 bridgehead atoms. The van der Waals surface area contributed by atoms with Gasteiger partial charge in [-0.25, -0.2) is 22.8 Å². The van der Waals surface area contributed by atoms with E-state index in [4.69, 9.17) is 0 Å². The van der Waals surface area contributed by atoms with E-state index < -0.39 is 20.6 Å². The highest BCUT2D eigenvalue weighted by atomic mass is 32.2. The zero-order chi connectivity index (χ0) is 18.7. The van der Waals surface area contributed by atoms with E-state index in [0.29, 0.717) is 16.9 Å². The maximum atomic E-state index is 12.7. The highest BCUT2D eigenvalue weighted by Gasteiger charge is 2.27. The molecule has 0 saturated carbocycles. The average molecular weight is 373 g/mol. The minimum atomic E-state index is -4.10. The Bertz CT molecular complexity index is 1050. The maximum absolute atomic E-state index is 12.7. The van der Waals surface area contributed by atoms with Gasteiger partial charge in [-0.1, -0.05) is 18.2 Å². The molecular weight excluding hydrogens is 358 g/mol. The molecule has 0 atom stereocenters. The number of pyridine rings is 1. The van der Waals surface area contributed by atoms with Crippen molar-refractivity contribution in [2.45, 2.75) is 18.4 Å². The fraction of sp³-hybridized carbons (Fsp3) is 0.125. The predicted octanol–water partition coefficient (Wildman–Crippen LogP) is 1.96. The fourth-order valence-electron chi connectivity index (χ4n) is 2.54. The normalized spacial score (nSPS) is 11.4. The van der Waals surface area contributed by atoms with Gasteiger partial charge in [-0.3, -0.25) is 10.1 Å². The number of aryl methyl sites for hydroxylation is 1.